The largest absolute Gasteiger partial charge is 0.508 e. The summed E-state index contributed by atoms with van der Waals surface area (Å²) >= 11 is 0. The van der Waals surface area contributed by atoms with Crippen LogP contribution in [0.3, 0.4) is 0 Å². The fourth-order valence-electron chi connectivity index (χ4n) is 3.34. The highest BCUT2D eigenvalue weighted by molar-refractivity contribution is 5.76. The number of para-hydroxylation sites is 1. The Morgan fingerprint density at radius 1 is 0.568 bits per heavy atom. The van der Waals surface area contributed by atoms with Gasteiger partial charge in [0.05, 0.1) is 13.2 Å². The Kier molecular flexibility index (Phi) is 10.4. The van der Waals surface area contributed by atoms with Gasteiger partial charge in [-0.2, -0.15) is 0 Å². The predicted molar refractivity (Wildman–Crippen MR) is 143 cm³/mol. The van der Waals surface area contributed by atoms with Crippen molar-refractivity contribution in [1.82, 2.24) is 0 Å². The maximum Gasteiger partial charge on any atom is 0.508 e. The van der Waals surface area contributed by atoms with Crippen LogP contribution in [0.5, 0.6) is 0 Å². The number of benzene rings is 3. The normalized spacial score (nSPS) is 10.8. The van der Waals surface area contributed by atoms with E-state index in [2.05, 4.69) is 4.90 Å². The molecule has 0 atom stereocenters. The van der Waals surface area contributed by atoms with Crippen LogP contribution in [0.1, 0.15) is 38.8 Å². The second kappa shape index (κ2) is 13.9. The maximum atomic E-state index is 11.7. The third-order valence-corrected chi connectivity index (χ3v) is 5.19. The van der Waals surface area contributed by atoms with Crippen LogP contribution in [0.4, 0.5) is 26.7 Å². The van der Waals surface area contributed by atoms with Gasteiger partial charge in [-0.3, -0.25) is 0 Å². The van der Waals surface area contributed by atoms with Gasteiger partial charge in [0.1, 0.15) is 13.2 Å². The molecule has 7 nitrogen and oxygen atoms in total. The summed E-state index contributed by atoms with van der Waals surface area (Å²) in [6.45, 7) is 8.81. The summed E-state index contributed by atoms with van der Waals surface area (Å²) < 4.78 is 20.5. The molecule has 0 radical (unpaired) electrons. The van der Waals surface area contributed by atoms with Crippen molar-refractivity contribution in [3.8, 4) is 0 Å². The molecule has 0 aliphatic heterocycles. The highest BCUT2D eigenvalue weighted by atomic mass is 16.7. The predicted octanol–water partition coefficient (Wildman–Crippen LogP) is 7.77. The van der Waals surface area contributed by atoms with Crippen molar-refractivity contribution in [2.24, 2.45) is 11.8 Å². The Bertz CT molecular complexity index is 1040. The molecular weight excluding hydrogens is 470 g/mol. The van der Waals surface area contributed by atoms with Crippen LogP contribution in [0, 0.1) is 11.8 Å². The number of carbonyl (C=O) groups is 2. The molecule has 0 spiro atoms. The first-order valence-corrected chi connectivity index (χ1v) is 12.4. The van der Waals surface area contributed by atoms with Crippen LogP contribution < -0.4 is 4.90 Å². The summed E-state index contributed by atoms with van der Waals surface area (Å²) in [5, 5.41) is 0. The monoisotopic (exact) mass is 505 g/mol. The van der Waals surface area contributed by atoms with Crippen molar-refractivity contribution < 1.29 is 28.5 Å². The van der Waals surface area contributed by atoms with E-state index < -0.39 is 12.3 Å². The van der Waals surface area contributed by atoms with Gasteiger partial charge in [0.15, 0.2) is 0 Å². The van der Waals surface area contributed by atoms with Gasteiger partial charge in [0, 0.05) is 17.1 Å². The van der Waals surface area contributed by atoms with Crippen molar-refractivity contribution in [2.75, 3.05) is 18.1 Å². The number of hydrogen-bond acceptors (Lipinski definition) is 7. The van der Waals surface area contributed by atoms with Crippen LogP contribution in [0.2, 0.25) is 0 Å². The van der Waals surface area contributed by atoms with Crippen molar-refractivity contribution in [1.29, 1.82) is 0 Å². The van der Waals surface area contributed by atoms with Crippen molar-refractivity contribution in [2.45, 2.75) is 40.9 Å². The SMILES string of the molecule is CC(C)COC(=O)OCc1ccc(N(c2ccccc2)c2ccc(COC(=O)OCC(C)C)cc2)cc1. The second-order valence-electron chi connectivity index (χ2n) is 9.49. The minimum absolute atomic E-state index is 0.136. The van der Waals surface area contributed by atoms with E-state index in [0.29, 0.717) is 13.2 Å². The molecule has 0 bridgehead atoms. The first-order valence-electron chi connectivity index (χ1n) is 12.4. The molecule has 196 valence electrons. The molecule has 0 saturated heterocycles. The van der Waals surface area contributed by atoms with Crippen molar-refractivity contribution in [3.05, 3.63) is 90.0 Å². The molecule has 0 fully saturated rings. The number of carbonyl (C=O) groups excluding carboxylic acids is 2. The minimum Gasteiger partial charge on any atom is -0.434 e. The number of hydrogen-bond donors (Lipinski definition) is 0. The summed E-state index contributed by atoms with van der Waals surface area (Å²) in [4.78, 5) is 25.6. The van der Waals surface area contributed by atoms with Gasteiger partial charge in [0.25, 0.3) is 0 Å². The fourth-order valence-corrected chi connectivity index (χ4v) is 3.34. The third-order valence-electron chi connectivity index (χ3n) is 5.19. The van der Waals surface area contributed by atoms with E-state index in [-0.39, 0.29) is 25.0 Å². The molecule has 3 rings (SSSR count). The summed E-state index contributed by atoms with van der Waals surface area (Å²) in [5.74, 6) is 0.507. The molecule has 0 aliphatic rings. The van der Waals surface area contributed by atoms with Gasteiger partial charge in [-0.1, -0.05) is 70.2 Å². The van der Waals surface area contributed by atoms with Crippen LogP contribution in [0.25, 0.3) is 0 Å². The number of ether oxygens (including phenoxy) is 4. The summed E-state index contributed by atoms with van der Waals surface area (Å²) in [7, 11) is 0. The van der Waals surface area contributed by atoms with Gasteiger partial charge in [0.2, 0.25) is 0 Å². The van der Waals surface area contributed by atoms with Crippen molar-refractivity contribution >= 4 is 29.4 Å². The van der Waals surface area contributed by atoms with E-state index in [0.717, 1.165) is 28.2 Å². The van der Waals surface area contributed by atoms with Gasteiger partial charge in [-0.05, 0) is 59.4 Å². The molecule has 0 aliphatic carbocycles. The highest BCUT2D eigenvalue weighted by Crippen LogP contribution is 2.34. The molecule has 3 aromatic carbocycles. The van der Waals surface area contributed by atoms with E-state index in [1.807, 2.05) is 107 Å². The Morgan fingerprint density at radius 3 is 1.32 bits per heavy atom. The molecular formula is C30H35NO6. The summed E-state index contributed by atoms with van der Waals surface area (Å²) in [6.07, 6.45) is -1.33. The summed E-state index contributed by atoms with van der Waals surface area (Å²) in [5.41, 5.74) is 4.59. The molecule has 7 heteroatoms. The molecule has 0 aromatic heterocycles. The zero-order valence-electron chi connectivity index (χ0n) is 21.9. The molecule has 3 aromatic rings. The van der Waals surface area contributed by atoms with Crippen LogP contribution >= 0.6 is 0 Å². The van der Waals surface area contributed by atoms with E-state index >= 15 is 0 Å². The van der Waals surface area contributed by atoms with Crippen molar-refractivity contribution in [3.63, 3.8) is 0 Å². The number of anilines is 3. The van der Waals surface area contributed by atoms with Gasteiger partial charge in [-0.25, -0.2) is 9.59 Å². The lowest BCUT2D eigenvalue weighted by Gasteiger charge is -2.25. The first-order chi connectivity index (χ1) is 17.8. The molecule has 0 N–H and O–H groups in total. The summed E-state index contributed by atoms with van der Waals surface area (Å²) in [6, 6.07) is 25.6. The molecule has 0 amide bonds. The second-order valence-corrected chi connectivity index (χ2v) is 9.49. The Hall–Kier alpha value is -4.00. The third kappa shape index (κ3) is 9.18. The Labute approximate surface area is 218 Å². The topological polar surface area (TPSA) is 74.3 Å². The Balaban J connectivity index is 1.69. The molecule has 0 unspecified atom stereocenters. The average Bonchev–Trinajstić information content (AvgIpc) is 2.90. The van der Waals surface area contributed by atoms with E-state index in [4.69, 9.17) is 18.9 Å². The lowest BCUT2D eigenvalue weighted by molar-refractivity contribution is 0.0417. The smallest absolute Gasteiger partial charge is 0.434 e. The van der Waals surface area contributed by atoms with Gasteiger partial charge < -0.3 is 23.8 Å². The van der Waals surface area contributed by atoms with E-state index in [9.17, 15) is 9.59 Å². The van der Waals surface area contributed by atoms with E-state index in [1.54, 1.807) is 0 Å². The first kappa shape index (κ1) is 27.6. The van der Waals surface area contributed by atoms with Crippen LogP contribution in [0.15, 0.2) is 78.9 Å². The Morgan fingerprint density at radius 2 is 0.946 bits per heavy atom. The molecule has 37 heavy (non-hydrogen) atoms. The molecule has 0 saturated carbocycles. The number of rotatable bonds is 11. The van der Waals surface area contributed by atoms with Crippen LogP contribution in [-0.4, -0.2) is 25.5 Å². The average molecular weight is 506 g/mol. The van der Waals surface area contributed by atoms with E-state index in [1.165, 1.54) is 0 Å². The minimum atomic E-state index is -0.666. The quantitative estimate of drug-likeness (QED) is 0.246. The van der Waals surface area contributed by atoms with Gasteiger partial charge >= 0.3 is 12.3 Å². The molecule has 0 heterocycles. The fraction of sp³-hybridized carbons (Fsp3) is 0.333. The number of nitrogens with zero attached hydrogens (tertiary/aromatic N) is 1. The lowest BCUT2D eigenvalue weighted by Crippen LogP contribution is -2.12. The van der Waals surface area contributed by atoms with Gasteiger partial charge in [-0.15, -0.1) is 0 Å². The standard InChI is InChI=1S/C30H35NO6/c1-22(2)18-34-29(32)36-20-24-10-14-27(15-11-24)31(26-8-6-5-7-9-26)28-16-12-25(13-17-28)21-37-30(33)35-19-23(3)4/h5-17,22-23H,18-21H2,1-4H3. The van der Waals surface area contributed by atoms with Crippen LogP contribution in [-0.2, 0) is 32.2 Å². The highest BCUT2D eigenvalue weighted by Gasteiger charge is 2.13. The zero-order chi connectivity index (χ0) is 26.6. The lowest BCUT2D eigenvalue weighted by atomic mass is 10.1. The maximum absolute atomic E-state index is 11.7. The zero-order valence-corrected chi connectivity index (χ0v) is 21.9.